The van der Waals surface area contributed by atoms with Crippen molar-refractivity contribution in [1.29, 1.82) is 0 Å². The molecule has 0 saturated heterocycles. The van der Waals surface area contributed by atoms with Crippen LogP contribution in [0.25, 0.3) is 0 Å². The molecule has 0 amide bonds. The van der Waals surface area contributed by atoms with Crippen LogP contribution in [0.4, 0.5) is 0 Å². The van der Waals surface area contributed by atoms with Gasteiger partial charge in [-0.3, -0.25) is 0 Å². The lowest BCUT2D eigenvalue weighted by atomic mass is 10.2. The Bertz CT molecular complexity index is 207. The van der Waals surface area contributed by atoms with Gasteiger partial charge in [0.2, 0.25) is 0 Å². The third-order valence-electron chi connectivity index (χ3n) is 1.02. The van der Waals surface area contributed by atoms with Crippen LogP contribution in [-0.4, -0.2) is 5.11 Å². The summed E-state index contributed by atoms with van der Waals surface area (Å²) in [6.45, 7) is -1.12. The summed E-state index contributed by atoms with van der Waals surface area (Å²) in [4.78, 5) is 0. The fourth-order valence-corrected chi connectivity index (χ4v) is 0.813. The van der Waals surface area contributed by atoms with E-state index in [2.05, 4.69) is 15.9 Å². The molecule has 1 atom stereocenters. The van der Waals surface area contributed by atoms with Crippen LogP contribution in [0.3, 0.4) is 0 Å². The Morgan fingerprint density at radius 2 is 2.00 bits per heavy atom. The van der Waals surface area contributed by atoms with Gasteiger partial charge in [-0.05, 0) is 17.7 Å². The fraction of sp³-hybridized carbons (Fsp3) is 0.143. The summed E-state index contributed by atoms with van der Waals surface area (Å²) in [5.41, 5.74) is 0.614. The molecule has 1 rings (SSSR count). The van der Waals surface area contributed by atoms with Gasteiger partial charge in [-0.2, -0.15) is 0 Å². The molecule has 1 nitrogen and oxygen atoms in total. The number of aliphatic hydroxyl groups is 1. The minimum absolute atomic E-state index is 0.614. The summed E-state index contributed by atoms with van der Waals surface area (Å²) in [6, 6.07) is 7.02. The third kappa shape index (κ3) is 1.80. The van der Waals surface area contributed by atoms with Crippen LogP contribution < -0.4 is 0 Å². The van der Waals surface area contributed by atoms with E-state index in [1.807, 2.05) is 0 Å². The molecule has 0 bridgehead atoms. The predicted molar refractivity (Wildman–Crippen MR) is 40.1 cm³/mol. The molecule has 0 aromatic heterocycles. The molecular formula is C7H7BrO. The highest BCUT2D eigenvalue weighted by atomic mass is 79.9. The van der Waals surface area contributed by atoms with Crippen LogP contribution in [0.2, 0.25) is 0 Å². The zero-order chi connectivity index (χ0) is 7.56. The van der Waals surface area contributed by atoms with Crippen molar-refractivity contribution in [3.63, 3.8) is 0 Å². The first-order valence-electron chi connectivity index (χ1n) is 3.13. The first kappa shape index (κ1) is 5.45. The summed E-state index contributed by atoms with van der Waals surface area (Å²) in [5, 5.41) is 8.77. The van der Waals surface area contributed by atoms with E-state index in [1.165, 1.54) is 0 Å². The Labute approximate surface area is 63.9 Å². The zero-order valence-corrected chi connectivity index (χ0v) is 6.30. The van der Waals surface area contributed by atoms with E-state index in [9.17, 15) is 0 Å². The van der Waals surface area contributed by atoms with Gasteiger partial charge in [-0.25, -0.2) is 0 Å². The second-order valence-corrected chi connectivity index (χ2v) is 2.60. The average Bonchev–Trinajstić information content (AvgIpc) is 1.88. The molecule has 0 fully saturated rings. The monoisotopic (exact) mass is 187 g/mol. The maximum absolute atomic E-state index is 8.77. The summed E-state index contributed by atoms with van der Waals surface area (Å²) < 4.78 is 7.88. The Hall–Kier alpha value is -0.340. The summed E-state index contributed by atoms with van der Waals surface area (Å²) >= 11 is 3.25. The largest absolute Gasteiger partial charge is 0.392 e. The van der Waals surface area contributed by atoms with Gasteiger partial charge in [-0.15, -0.1) is 0 Å². The van der Waals surface area contributed by atoms with Crippen molar-refractivity contribution in [3.8, 4) is 0 Å². The Morgan fingerprint density at radius 1 is 1.44 bits per heavy atom. The number of benzene rings is 1. The quantitative estimate of drug-likeness (QED) is 0.713. The molecule has 0 heterocycles. The van der Waals surface area contributed by atoms with E-state index in [-0.39, 0.29) is 0 Å². The van der Waals surface area contributed by atoms with Crippen molar-refractivity contribution < 1.29 is 6.48 Å². The van der Waals surface area contributed by atoms with E-state index in [4.69, 9.17) is 6.48 Å². The first-order valence-corrected chi connectivity index (χ1v) is 3.35. The van der Waals surface area contributed by atoms with Crippen molar-refractivity contribution in [3.05, 3.63) is 34.3 Å². The predicted octanol–water partition coefficient (Wildman–Crippen LogP) is 1.94. The first-order chi connectivity index (χ1) is 4.70. The van der Waals surface area contributed by atoms with Gasteiger partial charge in [0.05, 0.1) is 7.95 Å². The highest BCUT2D eigenvalue weighted by Gasteiger charge is 1.86. The second-order valence-electron chi connectivity index (χ2n) is 1.68. The smallest absolute Gasteiger partial charge is 0.0681 e. The Balaban J connectivity index is 2.89. The molecule has 1 N–H and O–H groups in total. The van der Waals surface area contributed by atoms with Gasteiger partial charge in [0, 0.05) is 4.47 Å². The van der Waals surface area contributed by atoms with Gasteiger partial charge in [0.25, 0.3) is 0 Å². The van der Waals surface area contributed by atoms with Crippen LogP contribution in [0.5, 0.6) is 0 Å². The summed E-state index contributed by atoms with van der Waals surface area (Å²) in [5.74, 6) is 0. The van der Waals surface area contributed by atoms with E-state index in [0.717, 1.165) is 4.47 Å². The average molecular weight is 188 g/mol. The van der Waals surface area contributed by atoms with Crippen LogP contribution in [0.15, 0.2) is 28.7 Å². The normalized spacial score (nSPS) is 14.7. The van der Waals surface area contributed by atoms with Crippen LogP contribution in [0, 0.1) is 0 Å². The maximum Gasteiger partial charge on any atom is 0.0681 e. The van der Waals surface area contributed by atoms with Gasteiger partial charge in [0.1, 0.15) is 0 Å². The van der Waals surface area contributed by atoms with Crippen LogP contribution >= 0.6 is 15.9 Å². The molecule has 0 spiro atoms. The van der Waals surface area contributed by atoms with Crippen LogP contribution in [-0.2, 0) is 6.58 Å². The Morgan fingerprint density at radius 3 is 2.44 bits per heavy atom. The molecule has 0 aliphatic heterocycles. The van der Waals surface area contributed by atoms with Crippen LogP contribution in [0.1, 0.15) is 6.93 Å². The van der Waals surface area contributed by atoms with Gasteiger partial charge < -0.3 is 5.11 Å². The van der Waals surface area contributed by atoms with Crippen molar-refractivity contribution in [2.75, 3.05) is 0 Å². The van der Waals surface area contributed by atoms with Crippen molar-refractivity contribution in [1.82, 2.24) is 0 Å². The van der Waals surface area contributed by atoms with E-state index in [0.29, 0.717) is 5.56 Å². The molecule has 0 aliphatic carbocycles. The molecule has 0 aliphatic rings. The maximum atomic E-state index is 8.77. The lowest BCUT2D eigenvalue weighted by Gasteiger charge is -1.92. The number of hydrogen-bond acceptors (Lipinski definition) is 1. The van der Waals surface area contributed by atoms with Gasteiger partial charge >= 0.3 is 0 Å². The SMILES string of the molecule is [2H]C(O)c1ccc(Br)cc1. The van der Waals surface area contributed by atoms with Gasteiger partial charge in [-0.1, -0.05) is 28.1 Å². The number of halogens is 1. The van der Waals surface area contributed by atoms with E-state index in [1.54, 1.807) is 24.3 Å². The van der Waals surface area contributed by atoms with Gasteiger partial charge in [0.15, 0.2) is 0 Å². The zero-order valence-electron chi connectivity index (χ0n) is 5.71. The van der Waals surface area contributed by atoms with E-state index >= 15 is 0 Å². The highest BCUT2D eigenvalue weighted by molar-refractivity contribution is 9.10. The Kier molecular flexibility index (Phi) is 1.81. The summed E-state index contributed by atoms with van der Waals surface area (Å²) in [7, 11) is 0. The molecule has 1 aromatic carbocycles. The molecule has 48 valence electrons. The topological polar surface area (TPSA) is 20.2 Å². The standard InChI is InChI=1S/C7H7BrO/c8-7-3-1-6(5-9)2-4-7/h1-4,9H,5H2/i5D. The van der Waals surface area contributed by atoms with Crippen molar-refractivity contribution in [2.24, 2.45) is 0 Å². The minimum Gasteiger partial charge on any atom is -0.392 e. The lowest BCUT2D eigenvalue weighted by Crippen LogP contribution is -1.79. The highest BCUT2D eigenvalue weighted by Crippen LogP contribution is 2.09. The molecule has 9 heavy (non-hydrogen) atoms. The molecular weight excluding hydrogens is 180 g/mol. The number of rotatable bonds is 1. The molecule has 0 radical (unpaired) electrons. The molecule has 1 aromatic rings. The minimum atomic E-state index is -1.12. The number of hydrogen-bond donors (Lipinski definition) is 1. The molecule has 1 unspecified atom stereocenters. The number of aliphatic hydroxyl groups excluding tert-OH is 1. The third-order valence-corrected chi connectivity index (χ3v) is 1.55. The molecule has 2 heteroatoms. The van der Waals surface area contributed by atoms with Crippen molar-refractivity contribution >= 4 is 15.9 Å². The van der Waals surface area contributed by atoms with E-state index < -0.39 is 6.58 Å². The summed E-state index contributed by atoms with van der Waals surface area (Å²) in [6.07, 6.45) is 0. The molecule has 0 saturated carbocycles. The lowest BCUT2D eigenvalue weighted by molar-refractivity contribution is 0.282. The fourth-order valence-electron chi connectivity index (χ4n) is 0.549. The van der Waals surface area contributed by atoms with Crippen molar-refractivity contribution in [2.45, 2.75) is 6.58 Å². The second kappa shape index (κ2) is 2.99.